The number of rotatable bonds is 3. The molecule has 98 valence electrons. The van der Waals surface area contributed by atoms with E-state index >= 15 is 0 Å². The number of fused-ring (bicyclic) bond motifs is 1. The average molecular weight is 246 g/mol. The number of allylic oxidation sites excluding steroid dienone is 1. The Balaban J connectivity index is 2.57. The zero-order valence-electron chi connectivity index (χ0n) is 11.7. The van der Waals surface area contributed by atoms with E-state index in [4.69, 9.17) is 9.84 Å². The number of aryl methyl sites for hydroxylation is 1. The second kappa shape index (κ2) is 4.77. The zero-order valence-corrected chi connectivity index (χ0v) is 11.7. The summed E-state index contributed by atoms with van der Waals surface area (Å²) in [6.07, 6.45) is 2.82. The van der Waals surface area contributed by atoms with Crippen molar-refractivity contribution in [1.82, 2.24) is 0 Å². The van der Waals surface area contributed by atoms with E-state index < -0.39 is 0 Å². The molecule has 1 aromatic rings. The standard InChI is InChI=1S/C16H22O2/c1-5-12-8-13(11(2)6-7-17)9-14-15(12)18-10-16(14,3)4/h6,8-9,17H,5,7,10H2,1-4H3. The predicted molar refractivity (Wildman–Crippen MR) is 75.1 cm³/mol. The smallest absolute Gasteiger partial charge is 0.126 e. The van der Waals surface area contributed by atoms with Crippen molar-refractivity contribution in [1.29, 1.82) is 0 Å². The molecule has 0 unspecified atom stereocenters. The Labute approximate surface area is 109 Å². The minimum atomic E-state index is 0.0781. The highest BCUT2D eigenvalue weighted by molar-refractivity contribution is 5.68. The third-order valence-corrected chi connectivity index (χ3v) is 3.71. The summed E-state index contributed by atoms with van der Waals surface area (Å²) < 4.78 is 5.86. The highest BCUT2D eigenvalue weighted by Crippen LogP contribution is 2.42. The van der Waals surface area contributed by atoms with Gasteiger partial charge in [-0.05, 0) is 42.2 Å². The van der Waals surface area contributed by atoms with Crippen LogP contribution in [-0.4, -0.2) is 18.3 Å². The van der Waals surface area contributed by atoms with Gasteiger partial charge in [0.1, 0.15) is 5.75 Å². The van der Waals surface area contributed by atoms with E-state index in [1.807, 2.05) is 13.0 Å². The van der Waals surface area contributed by atoms with Crippen molar-refractivity contribution in [3.05, 3.63) is 34.9 Å². The first-order valence-corrected chi connectivity index (χ1v) is 6.57. The molecule has 1 heterocycles. The maximum atomic E-state index is 9.02. The molecule has 0 aromatic heterocycles. The summed E-state index contributed by atoms with van der Waals surface area (Å²) in [5.41, 5.74) is 4.95. The zero-order chi connectivity index (χ0) is 13.3. The highest BCUT2D eigenvalue weighted by Gasteiger charge is 2.33. The van der Waals surface area contributed by atoms with Gasteiger partial charge in [-0.3, -0.25) is 0 Å². The topological polar surface area (TPSA) is 29.5 Å². The fourth-order valence-electron chi connectivity index (χ4n) is 2.44. The molecule has 0 spiro atoms. The van der Waals surface area contributed by atoms with Crippen molar-refractivity contribution < 1.29 is 9.84 Å². The summed E-state index contributed by atoms with van der Waals surface area (Å²) in [6.45, 7) is 9.46. The van der Waals surface area contributed by atoms with Crippen LogP contribution in [-0.2, 0) is 11.8 Å². The molecular weight excluding hydrogens is 224 g/mol. The summed E-state index contributed by atoms with van der Waals surface area (Å²) >= 11 is 0. The lowest BCUT2D eigenvalue weighted by Gasteiger charge is -2.17. The van der Waals surface area contributed by atoms with Crippen LogP contribution in [0.5, 0.6) is 5.75 Å². The second-order valence-corrected chi connectivity index (χ2v) is 5.61. The van der Waals surface area contributed by atoms with Crippen LogP contribution in [0.25, 0.3) is 5.57 Å². The van der Waals surface area contributed by atoms with Crippen LogP contribution < -0.4 is 4.74 Å². The van der Waals surface area contributed by atoms with Crippen LogP contribution in [0.15, 0.2) is 18.2 Å². The van der Waals surface area contributed by atoms with Crippen molar-refractivity contribution in [2.75, 3.05) is 13.2 Å². The normalized spacial score (nSPS) is 17.5. The molecule has 0 saturated heterocycles. The molecule has 1 aliphatic heterocycles. The minimum absolute atomic E-state index is 0.0781. The molecular formula is C16H22O2. The van der Waals surface area contributed by atoms with E-state index in [0.717, 1.165) is 24.4 Å². The molecule has 0 radical (unpaired) electrons. The van der Waals surface area contributed by atoms with Crippen LogP contribution in [0.3, 0.4) is 0 Å². The molecule has 0 amide bonds. The molecule has 2 heteroatoms. The lowest BCUT2D eigenvalue weighted by atomic mass is 9.84. The summed E-state index contributed by atoms with van der Waals surface area (Å²) in [5, 5.41) is 9.02. The maximum Gasteiger partial charge on any atom is 0.126 e. The van der Waals surface area contributed by atoms with Crippen LogP contribution in [0, 0.1) is 0 Å². The Morgan fingerprint density at radius 2 is 2.17 bits per heavy atom. The number of hydrogen-bond donors (Lipinski definition) is 1. The van der Waals surface area contributed by atoms with Crippen molar-refractivity contribution >= 4 is 5.57 Å². The molecule has 2 rings (SSSR count). The molecule has 0 bridgehead atoms. The first kappa shape index (κ1) is 13.2. The number of hydrogen-bond acceptors (Lipinski definition) is 2. The molecule has 1 aliphatic rings. The molecule has 0 fully saturated rings. The van der Waals surface area contributed by atoms with Gasteiger partial charge in [-0.15, -0.1) is 0 Å². The minimum Gasteiger partial charge on any atom is -0.492 e. The van der Waals surface area contributed by atoms with E-state index in [2.05, 4.69) is 32.9 Å². The van der Waals surface area contributed by atoms with Gasteiger partial charge in [0.15, 0.2) is 0 Å². The van der Waals surface area contributed by atoms with E-state index in [1.165, 1.54) is 16.7 Å². The first-order chi connectivity index (χ1) is 8.49. The number of ether oxygens (including phenoxy) is 1. The van der Waals surface area contributed by atoms with Crippen LogP contribution in [0.1, 0.15) is 44.4 Å². The fourth-order valence-corrected chi connectivity index (χ4v) is 2.44. The van der Waals surface area contributed by atoms with E-state index in [1.54, 1.807) is 0 Å². The van der Waals surface area contributed by atoms with Gasteiger partial charge in [0.25, 0.3) is 0 Å². The predicted octanol–water partition coefficient (Wildman–Crippen LogP) is 3.31. The Bertz CT molecular complexity index is 484. The monoisotopic (exact) mass is 246 g/mol. The van der Waals surface area contributed by atoms with Crippen molar-refractivity contribution in [3.8, 4) is 5.75 Å². The van der Waals surface area contributed by atoms with Gasteiger partial charge in [0.05, 0.1) is 13.2 Å². The Morgan fingerprint density at radius 3 is 2.78 bits per heavy atom. The van der Waals surface area contributed by atoms with E-state index in [0.29, 0.717) is 0 Å². The highest BCUT2D eigenvalue weighted by atomic mass is 16.5. The van der Waals surface area contributed by atoms with Gasteiger partial charge in [-0.2, -0.15) is 0 Å². The van der Waals surface area contributed by atoms with E-state index in [9.17, 15) is 0 Å². The quantitative estimate of drug-likeness (QED) is 0.886. The molecule has 18 heavy (non-hydrogen) atoms. The van der Waals surface area contributed by atoms with Gasteiger partial charge in [0.2, 0.25) is 0 Å². The van der Waals surface area contributed by atoms with Gasteiger partial charge in [0, 0.05) is 11.0 Å². The molecule has 0 saturated carbocycles. The number of aliphatic hydroxyl groups is 1. The van der Waals surface area contributed by atoms with Crippen LogP contribution in [0.2, 0.25) is 0 Å². The van der Waals surface area contributed by atoms with Crippen molar-refractivity contribution in [2.45, 2.75) is 39.5 Å². The lowest BCUT2D eigenvalue weighted by molar-refractivity contribution is 0.289. The number of aliphatic hydroxyl groups excluding tert-OH is 1. The lowest BCUT2D eigenvalue weighted by Crippen LogP contribution is -2.18. The summed E-state index contributed by atoms with van der Waals surface area (Å²) in [6, 6.07) is 4.39. The van der Waals surface area contributed by atoms with Gasteiger partial charge in [-0.1, -0.05) is 26.8 Å². The maximum absolute atomic E-state index is 9.02. The molecule has 0 aliphatic carbocycles. The second-order valence-electron chi connectivity index (χ2n) is 5.61. The van der Waals surface area contributed by atoms with Gasteiger partial charge < -0.3 is 9.84 Å². The Hall–Kier alpha value is -1.28. The van der Waals surface area contributed by atoms with Crippen molar-refractivity contribution in [2.24, 2.45) is 0 Å². The average Bonchev–Trinajstić information content (AvgIpc) is 2.65. The Kier molecular flexibility index (Phi) is 3.49. The molecule has 2 nitrogen and oxygen atoms in total. The SMILES string of the molecule is CCc1cc(C(C)=CCO)cc2c1OCC2(C)C. The molecule has 0 atom stereocenters. The molecule has 1 aromatic carbocycles. The summed E-state index contributed by atoms with van der Waals surface area (Å²) in [7, 11) is 0. The molecule has 1 N–H and O–H groups in total. The first-order valence-electron chi connectivity index (χ1n) is 6.57. The Morgan fingerprint density at radius 1 is 1.44 bits per heavy atom. The van der Waals surface area contributed by atoms with Crippen LogP contribution in [0.4, 0.5) is 0 Å². The van der Waals surface area contributed by atoms with Crippen molar-refractivity contribution in [3.63, 3.8) is 0 Å². The third kappa shape index (κ3) is 2.17. The van der Waals surface area contributed by atoms with E-state index in [-0.39, 0.29) is 12.0 Å². The van der Waals surface area contributed by atoms with Gasteiger partial charge in [-0.25, -0.2) is 0 Å². The summed E-state index contributed by atoms with van der Waals surface area (Å²) in [4.78, 5) is 0. The largest absolute Gasteiger partial charge is 0.492 e. The van der Waals surface area contributed by atoms with Gasteiger partial charge >= 0.3 is 0 Å². The van der Waals surface area contributed by atoms with Crippen LogP contribution >= 0.6 is 0 Å². The summed E-state index contributed by atoms with van der Waals surface area (Å²) in [5.74, 6) is 1.07. The fraction of sp³-hybridized carbons (Fsp3) is 0.500. The third-order valence-electron chi connectivity index (χ3n) is 3.71. The number of benzene rings is 1.